The number of aliphatic imine (C=N–C) groups is 1. The second-order valence-corrected chi connectivity index (χ2v) is 5.94. The summed E-state index contributed by atoms with van der Waals surface area (Å²) in [6.45, 7) is 2.27. The summed E-state index contributed by atoms with van der Waals surface area (Å²) >= 11 is 0. The van der Waals surface area contributed by atoms with Crippen LogP contribution in [0.15, 0.2) is 53.5 Å². The van der Waals surface area contributed by atoms with Gasteiger partial charge in [0, 0.05) is 29.0 Å². The van der Waals surface area contributed by atoms with E-state index in [-0.39, 0.29) is 24.9 Å². The first-order valence-corrected chi connectivity index (χ1v) is 8.86. The number of carbonyl (C=O) groups excluding carboxylic acids is 2. The minimum absolute atomic E-state index is 0.107. The second kappa shape index (κ2) is 10.4. The summed E-state index contributed by atoms with van der Waals surface area (Å²) in [4.78, 5) is 27.3. The number of benzene rings is 2. The first-order valence-electron chi connectivity index (χ1n) is 8.86. The van der Waals surface area contributed by atoms with E-state index in [1.54, 1.807) is 48.7 Å². The van der Waals surface area contributed by atoms with Gasteiger partial charge < -0.3 is 21.5 Å². The molecule has 8 heteroatoms. The van der Waals surface area contributed by atoms with Gasteiger partial charge in [-0.1, -0.05) is 12.1 Å². The Hall–Kier alpha value is -3.94. The number of nitrogens with zero attached hydrogens (tertiary/aromatic N) is 1. The molecule has 0 aliphatic rings. The number of amides is 2. The highest BCUT2D eigenvalue weighted by Gasteiger charge is 2.08. The normalized spacial score (nSPS) is 10.9. The Kier molecular flexibility index (Phi) is 7.67. The average molecular weight is 393 g/mol. The largest absolute Gasteiger partial charge is 0.491 e. The van der Waals surface area contributed by atoms with Gasteiger partial charge in [-0.25, -0.2) is 0 Å². The van der Waals surface area contributed by atoms with Gasteiger partial charge in [0.2, 0.25) is 5.91 Å². The van der Waals surface area contributed by atoms with Crippen LogP contribution in [0.25, 0.3) is 6.08 Å². The number of nitrogen functional groups attached to an aromatic ring is 1. The average Bonchev–Trinajstić information content (AvgIpc) is 2.70. The molecule has 0 aliphatic heterocycles. The number of ether oxygens (including phenoxy) is 1. The highest BCUT2D eigenvalue weighted by atomic mass is 16.5. The van der Waals surface area contributed by atoms with Crippen molar-refractivity contribution in [3.63, 3.8) is 0 Å². The third kappa shape index (κ3) is 6.62. The Bertz CT molecular complexity index is 949. The van der Waals surface area contributed by atoms with Gasteiger partial charge in [-0.3, -0.25) is 20.0 Å². The molecule has 0 spiro atoms. The predicted octanol–water partition coefficient (Wildman–Crippen LogP) is 2.00. The van der Waals surface area contributed by atoms with Gasteiger partial charge in [0.05, 0.1) is 12.2 Å². The molecule has 0 atom stereocenters. The van der Waals surface area contributed by atoms with Crippen molar-refractivity contribution in [2.75, 3.05) is 13.2 Å². The molecule has 0 radical (unpaired) electrons. The predicted molar refractivity (Wildman–Crippen MR) is 114 cm³/mol. The monoisotopic (exact) mass is 393 g/mol. The molecule has 0 aromatic heterocycles. The molecule has 0 aliphatic carbocycles. The molecule has 2 aromatic carbocycles. The maximum Gasteiger partial charge on any atom is 0.251 e. The van der Waals surface area contributed by atoms with Crippen molar-refractivity contribution < 1.29 is 14.3 Å². The zero-order chi connectivity index (χ0) is 21.2. The summed E-state index contributed by atoms with van der Waals surface area (Å²) < 4.78 is 5.71. The van der Waals surface area contributed by atoms with Gasteiger partial charge in [0.15, 0.2) is 0 Å². The molecular weight excluding hydrogens is 370 g/mol. The van der Waals surface area contributed by atoms with Crippen LogP contribution in [0.5, 0.6) is 5.75 Å². The fourth-order valence-corrected chi connectivity index (χ4v) is 2.41. The number of hydrogen-bond acceptors (Lipinski definition) is 5. The summed E-state index contributed by atoms with van der Waals surface area (Å²) in [6, 6.07) is 11.8. The summed E-state index contributed by atoms with van der Waals surface area (Å²) in [6.07, 6.45) is 4.41. The molecule has 8 nitrogen and oxygen atoms in total. The van der Waals surface area contributed by atoms with Crippen LogP contribution in [0.2, 0.25) is 0 Å². The summed E-state index contributed by atoms with van der Waals surface area (Å²) in [5, 5.41) is 10.3. The van der Waals surface area contributed by atoms with Gasteiger partial charge in [-0.05, 0) is 43.3 Å². The van der Waals surface area contributed by atoms with Crippen LogP contribution in [-0.4, -0.2) is 37.0 Å². The molecule has 29 heavy (non-hydrogen) atoms. The molecular formula is C21H23N5O3. The number of rotatable bonds is 9. The Morgan fingerprint density at radius 1 is 1.14 bits per heavy atom. The SMILES string of the molecule is CC=Nc1ccc(C(=O)NCCOc2cc(C(=N)N)ccc2/C=C/C(N)=O)cc1. The van der Waals surface area contributed by atoms with Crippen molar-refractivity contribution in [3.8, 4) is 5.75 Å². The third-order valence-corrected chi connectivity index (χ3v) is 3.80. The third-order valence-electron chi connectivity index (χ3n) is 3.80. The van der Waals surface area contributed by atoms with Crippen LogP contribution >= 0.6 is 0 Å². The van der Waals surface area contributed by atoms with Gasteiger partial charge in [-0.2, -0.15) is 0 Å². The van der Waals surface area contributed by atoms with Crippen LogP contribution in [0.1, 0.15) is 28.4 Å². The van der Waals surface area contributed by atoms with Crippen LogP contribution in [0, 0.1) is 5.41 Å². The zero-order valence-electron chi connectivity index (χ0n) is 16.0. The number of nitrogens with two attached hydrogens (primary N) is 2. The molecule has 0 saturated carbocycles. The number of hydrogen-bond donors (Lipinski definition) is 4. The van der Waals surface area contributed by atoms with Gasteiger partial charge in [-0.15, -0.1) is 0 Å². The fraction of sp³-hybridized carbons (Fsp3) is 0.143. The minimum Gasteiger partial charge on any atom is -0.491 e. The van der Waals surface area contributed by atoms with Crippen molar-refractivity contribution in [1.29, 1.82) is 5.41 Å². The minimum atomic E-state index is -0.588. The maximum absolute atomic E-state index is 12.2. The molecule has 0 fully saturated rings. The summed E-state index contributed by atoms with van der Waals surface area (Å²) in [5.41, 5.74) is 13.0. The number of amidine groups is 1. The quantitative estimate of drug-likeness (QED) is 0.223. The standard InChI is InChI=1S/C21H23N5O3/c1-2-25-17-8-5-15(6-9-17)21(28)26-11-12-29-18-13-16(20(23)24)4-3-14(18)7-10-19(22)27/h2-10,13H,11-12H2,1H3,(H2,22,27)(H3,23,24)(H,26,28)/b10-7+,25-2?. The van der Waals surface area contributed by atoms with Crippen LogP contribution in [0.4, 0.5) is 5.69 Å². The fourth-order valence-electron chi connectivity index (χ4n) is 2.41. The number of nitrogens with one attached hydrogen (secondary N) is 2. The Morgan fingerprint density at radius 3 is 2.45 bits per heavy atom. The highest BCUT2D eigenvalue weighted by Crippen LogP contribution is 2.22. The van der Waals surface area contributed by atoms with E-state index in [4.69, 9.17) is 21.6 Å². The number of carbonyl (C=O) groups is 2. The van der Waals surface area contributed by atoms with E-state index in [1.807, 2.05) is 6.92 Å². The van der Waals surface area contributed by atoms with E-state index >= 15 is 0 Å². The van der Waals surface area contributed by atoms with E-state index in [0.717, 1.165) is 5.69 Å². The van der Waals surface area contributed by atoms with Crippen molar-refractivity contribution in [1.82, 2.24) is 5.32 Å². The Labute approximate surface area is 168 Å². The Morgan fingerprint density at radius 2 is 1.83 bits per heavy atom. The van der Waals surface area contributed by atoms with Crippen molar-refractivity contribution in [3.05, 3.63) is 65.2 Å². The van der Waals surface area contributed by atoms with E-state index < -0.39 is 5.91 Å². The number of primary amides is 1. The topological polar surface area (TPSA) is 144 Å². The molecule has 150 valence electrons. The van der Waals surface area contributed by atoms with Crippen LogP contribution in [-0.2, 0) is 4.79 Å². The van der Waals surface area contributed by atoms with Gasteiger partial charge in [0.25, 0.3) is 5.91 Å². The van der Waals surface area contributed by atoms with Gasteiger partial charge >= 0.3 is 0 Å². The highest BCUT2D eigenvalue weighted by molar-refractivity contribution is 5.96. The maximum atomic E-state index is 12.2. The molecule has 0 saturated heterocycles. The smallest absolute Gasteiger partial charge is 0.251 e. The summed E-state index contributed by atoms with van der Waals surface area (Å²) in [7, 11) is 0. The molecule has 0 heterocycles. The van der Waals surface area contributed by atoms with Crippen molar-refractivity contribution in [2.45, 2.75) is 6.92 Å². The van der Waals surface area contributed by atoms with Crippen molar-refractivity contribution in [2.24, 2.45) is 16.5 Å². The first-order chi connectivity index (χ1) is 13.9. The molecule has 2 aromatic rings. The molecule has 0 unspecified atom stereocenters. The van der Waals surface area contributed by atoms with E-state index in [0.29, 0.717) is 22.4 Å². The lowest BCUT2D eigenvalue weighted by Gasteiger charge is -2.12. The molecule has 0 bridgehead atoms. The van der Waals surface area contributed by atoms with E-state index in [2.05, 4.69) is 10.3 Å². The summed E-state index contributed by atoms with van der Waals surface area (Å²) in [5.74, 6) is -0.503. The second-order valence-electron chi connectivity index (χ2n) is 5.94. The molecule has 2 amide bonds. The lowest BCUT2D eigenvalue weighted by Crippen LogP contribution is -2.28. The van der Waals surface area contributed by atoms with E-state index in [1.165, 1.54) is 12.2 Å². The van der Waals surface area contributed by atoms with Gasteiger partial charge in [0.1, 0.15) is 18.2 Å². The lowest BCUT2D eigenvalue weighted by atomic mass is 10.1. The Balaban J connectivity index is 1.97. The van der Waals surface area contributed by atoms with Crippen LogP contribution in [0.3, 0.4) is 0 Å². The van der Waals surface area contributed by atoms with E-state index in [9.17, 15) is 9.59 Å². The molecule has 2 rings (SSSR count). The van der Waals surface area contributed by atoms with Crippen LogP contribution < -0.4 is 21.5 Å². The molecule has 6 N–H and O–H groups in total. The first kappa shape index (κ1) is 21.4. The lowest BCUT2D eigenvalue weighted by molar-refractivity contribution is -0.113. The van der Waals surface area contributed by atoms with Crippen molar-refractivity contribution >= 4 is 35.6 Å². The zero-order valence-corrected chi connectivity index (χ0v) is 16.0.